The highest BCUT2D eigenvalue weighted by Gasteiger charge is 2.28. The molecule has 3 aromatic rings. The standard InChI is InChI=1S/C22H19BrClFN2O3S/c1-26(20-10-8-19(25)9-11-20)22(28)15-27(14-16-2-4-17(23)5-3-16)31(29,30)21-12-6-18(24)7-13-21/h2-13H,14-15H2,1H3. The second-order valence-corrected chi connectivity index (χ2v) is 10.1. The third-order valence-corrected chi connectivity index (χ3v) is 7.21. The summed E-state index contributed by atoms with van der Waals surface area (Å²) in [5.41, 5.74) is 1.18. The zero-order valence-electron chi connectivity index (χ0n) is 16.5. The molecule has 5 nitrogen and oxygen atoms in total. The number of anilines is 1. The average molecular weight is 526 g/mol. The van der Waals surface area contributed by atoms with Gasteiger partial charge in [-0.3, -0.25) is 4.79 Å². The molecule has 0 fully saturated rings. The molecule has 31 heavy (non-hydrogen) atoms. The molecule has 0 aliphatic carbocycles. The van der Waals surface area contributed by atoms with Crippen molar-refractivity contribution in [1.29, 1.82) is 0 Å². The van der Waals surface area contributed by atoms with Crippen LogP contribution in [0.2, 0.25) is 5.02 Å². The van der Waals surface area contributed by atoms with Gasteiger partial charge in [0, 0.05) is 28.8 Å². The topological polar surface area (TPSA) is 57.7 Å². The first-order valence-electron chi connectivity index (χ1n) is 9.19. The zero-order valence-corrected chi connectivity index (χ0v) is 19.7. The molecule has 0 atom stereocenters. The van der Waals surface area contributed by atoms with Gasteiger partial charge in [-0.05, 0) is 66.2 Å². The lowest BCUT2D eigenvalue weighted by Gasteiger charge is -2.25. The normalized spacial score (nSPS) is 11.5. The monoisotopic (exact) mass is 524 g/mol. The van der Waals surface area contributed by atoms with E-state index < -0.39 is 28.3 Å². The fourth-order valence-electron chi connectivity index (χ4n) is 2.84. The number of halogens is 3. The van der Waals surface area contributed by atoms with Crippen LogP contribution < -0.4 is 4.90 Å². The lowest BCUT2D eigenvalue weighted by atomic mass is 10.2. The third-order valence-electron chi connectivity index (χ3n) is 4.62. The number of likely N-dealkylation sites (N-methyl/N-ethyl adjacent to an activating group) is 1. The minimum absolute atomic E-state index is 0.00123. The zero-order chi connectivity index (χ0) is 22.6. The van der Waals surface area contributed by atoms with Gasteiger partial charge in [0.2, 0.25) is 15.9 Å². The smallest absolute Gasteiger partial charge is 0.243 e. The quantitative estimate of drug-likeness (QED) is 0.431. The largest absolute Gasteiger partial charge is 0.314 e. The van der Waals surface area contributed by atoms with Crippen molar-refractivity contribution >= 4 is 49.1 Å². The summed E-state index contributed by atoms with van der Waals surface area (Å²) in [5.74, 6) is -0.881. The lowest BCUT2D eigenvalue weighted by molar-refractivity contribution is -0.118. The van der Waals surface area contributed by atoms with Gasteiger partial charge in [-0.1, -0.05) is 39.7 Å². The molecule has 0 bridgehead atoms. The molecule has 0 spiro atoms. The fraction of sp³-hybridized carbons (Fsp3) is 0.136. The summed E-state index contributed by atoms with van der Waals surface area (Å²) in [5, 5.41) is 0.408. The Labute approximate surface area is 194 Å². The molecule has 0 radical (unpaired) electrons. The van der Waals surface area contributed by atoms with Crippen molar-refractivity contribution in [3.05, 3.63) is 93.7 Å². The molecule has 162 valence electrons. The number of hydrogen-bond donors (Lipinski definition) is 0. The molecule has 0 aromatic heterocycles. The Hall–Kier alpha value is -2.26. The maximum absolute atomic E-state index is 13.3. The van der Waals surface area contributed by atoms with Crippen molar-refractivity contribution in [2.75, 3.05) is 18.5 Å². The van der Waals surface area contributed by atoms with Gasteiger partial charge in [0.05, 0.1) is 11.4 Å². The van der Waals surface area contributed by atoms with Crippen LogP contribution in [0.1, 0.15) is 5.56 Å². The van der Waals surface area contributed by atoms with E-state index in [0.717, 1.165) is 14.3 Å². The van der Waals surface area contributed by atoms with Gasteiger partial charge >= 0.3 is 0 Å². The van der Waals surface area contributed by atoms with Crippen LogP contribution in [0.15, 0.2) is 82.2 Å². The molecule has 3 rings (SSSR count). The maximum Gasteiger partial charge on any atom is 0.243 e. The fourth-order valence-corrected chi connectivity index (χ4v) is 4.61. The molecule has 9 heteroatoms. The number of benzene rings is 3. The molecule has 0 unspecified atom stereocenters. The lowest BCUT2D eigenvalue weighted by Crippen LogP contribution is -2.41. The molecule has 0 N–H and O–H groups in total. The highest BCUT2D eigenvalue weighted by molar-refractivity contribution is 9.10. The Morgan fingerprint density at radius 1 is 0.968 bits per heavy atom. The van der Waals surface area contributed by atoms with Gasteiger partial charge in [-0.2, -0.15) is 4.31 Å². The Morgan fingerprint density at radius 3 is 2.13 bits per heavy atom. The summed E-state index contributed by atoms with van der Waals surface area (Å²) in [6.07, 6.45) is 0. The molecule has 0 saturated heterocycles. The highest BCUT2D eigenvalue weighted by Crippen LogP contribution is 2.22. The van der Waals surface area contributed by atoms with Crippen LogP contribution in [0, 0.1) is 5.82 Å². The Bertz CT molecular complexity index is 1150. The van der Waals surface area contributed by atoms with Gasteiger partial charge in [0.15, 0.2) is 0 Å². The van der Waals surface area contributed by atoms with Crippen LogP contribution in [0.3, 0.4) is 0 Å². The number of rotatable bonds is 7. The second kappa shape index (κ2) is 9.91. The SMILES string of the molecule is CN(C(=O)CN(Cc1ccc(Br)cc1)S(=O)(=O)c1ccc(Cl)cc1)c1ccc(F)cc1. The number of hydrogen-bond acceptors (Lipinski definition) is 3. The number of carbonyl (C=O) groups is 1. The first-order chi connectivity index (χ1) is 14.7. The molecule has 0 aliphatic heterocycles. The predicted octanol–water partition coefficient (Wildman–Crippen LogP) is 5.10. The van der Waals surface area contributed by atoms with E-state index in [-0.39, 0.29) is 11.4 Å². The number of sulfonamides is 1. The van der Waals surface area contributed by atoms with Crippen LogP contribution in [0.4, 0.5) is 10.1 Å². The van der Waals surface area contributed by atoms with Gasteiger partial charge < -0.3 is 4.90 Å². The van der Waals surface area contributed by atoms with E-state index in [9.17, 15) is 17.6 Å². The van der Waals surface area contributed by atoms with E-state index in [1.807, 2.05) is 0 Å². The predicted molar refractivity (Wildman–Crippen MR) is 123 cm³/mol. The minimum Gasteiger partial charge on any atom is -0.314 e. The van der Waals surface area contributed by atoms with E-state index in [2.05, 4.69) is 15.9 Å². The summed E-state index contributed by atoms with van der Waals surface area (Å²) in [4.78, 5) is 14.2. The molecule has 0 heterocycles. The summed E-state index contributed by atoms with van der Waals surface area (Å²) in [6, 6.07) is 18.3. The van der Waals surface area contributed by atoms with Crippen LogP contribution in [0.25, 0.3) is 0 Å². The first kappa shape index (κ1) is 23.4. The molecule has 0 saturated carbocycles. The molecule has 0 aliphatic rings. The van der Waals surface area contributed by atoms with Crippen molar-refractivity contribution in [1.82, 2.24) is 4.31 Å². The second-order valence-electron chi connectivity index (χ2n) is 6.78. The number of nitrogens with zero attached hydrogens (tertiary/aromatic N) is 2. The van der Waals surface area contributed by atoms with E-state index in [0.29, 0.717) is 10.7 Å². The van der Waals surface area contributed by atoms with Gasteiger partial charge in [0.1, 0.15) is 5.82 Å². The van der Waals surface area contributed by atoms with Crippen molar-refractivity contribution in [3.8, 4) is 0 Å². The van der Waals surface area contributed by atoms with E-state index in [1.165, 1.54) is 60.5 Å². The van der Waals surface area contributed by atoms with E-state index in [4.69, 9.17) is 11.6 Å². The van der Waals surface area contributed by atoms with Crippen molar-refractivity contribution < 1.29 is 17.6 Å². The van der Waals surface area contributed by atoms with Crippen molar-refractivity contribution in [2.24, 2.45) is 0 Å². The molecule has 3 aromatic carbocycles. The third kappa shape index (κ3) is 5.92. The Balaban J connectivity index is 1.90. The molecular formula is C22H19BrClFN2O3S. The summed E-state index contributed by atoms with van der Waals surface area (Å²) in [6.45, 7) is -0.393. The summed E-state index contributed by atoms with van der Waals surface area (Å²) >= 11 is 9.24. The molecule has 1 amide bonds. The van der Waals surface area contributed by atoms with Crippen LogP contribution in [-0.2, 0) is 21.4 Å². The van der Waals surface area contributed by atoms with Crippen LogP contribution >= 0.6 is 27.5 Å². The number of amides is 1. The van der Waals surface area contributed by atoms with Crippen LogP contribution in [-0.4, -0.2) is 32.2 Å². The van der Waals surface area contributed by atoms with Crippen LogP contribution in [0.5, 0.6) is 0 Å². The first-order valence-corrected chi connectivity index (χ1v) is 11.8. The highest BCUT2D eigenvalue weighted by atomic mass is 79.9. The number of carbonyl (C=O) groups excluding carboxylic acids is 1. The van der Waals surface area contributed by atoms with E-state index in [1.54, 1.807) is 24.3 Å². The van der Waals surface area contributed by atoms with Crippen molar-refractivity contribution in [2.45, 2.75) is 11.4 Å². The maximum atomic E-state index is 13.3. The Kier molecular flexibility index (Phi) is 7.48. The minimum atomic E-state index is -3.99. The van der Waals surface area contributed by atoms with Crippen molar-refractivity contribution in [3.63, 3.8) is 0 Å². The summed E-state index contributed by atoms with van der Waals surface area (Å²) in [7, 11) is -2.47. The Morgan fingerprint density at radius 2 is 1.55 bits per heavy atom. The van der Waals surface area contributed by atoms with E-state index >= 15 is 0 Å². The molecular weight excluding hydrogens is 507 g/mol. The summed E-state index contributed by atoms with van der Waals surface area (Å²) < 4.78 is 41.8. The van der Waals surface area contributed by atoms with Gasteiger partial charge in [0.25, 0.3) is 0 Å². The van der Waals surface area contributed by atoms with Gasteiger partial charge in [-0.15, -0.1) is 0 Å². The average Bonchev–Trinajstić information content (AvgIpc) is 2.75. The van der Waals surface area contributed by atoms with Gasteiger partial charge in [-0.25, -0.2) is 12.8 Å².